The Hall–Kier alpha value is -4.47. The fraction of sp³-hybridized carbons (Fsp3) is 0.216. The molecule has 1 atom stereocenters. The van der Waals surface area contributed by atoms with Crippen molar-refractivity contribution in [2.24, 2.45) is 4.99 Å². The minimum absolute atomic E-state index is 0.248. The molecule has 1 aliphatic rings. The van der Waals surface area contributed by atoms with Gasteiger partial charge in [0.15, 0.2) is 16.3 Å². The number of aromatic nitrogens is 1. The Labute approximate surface area is 279 Å². The van der Waals surface area contributed by atoms with Crippen LogP contribution in [0.1, 0.15) is 55.0 Å². The van der Waals surface area contributed by atoms with E-state index in [1.807, 2.05) is 60.7 Å². The molecular formula is C37H33BrN2O5S. The summed E-state index contributed by atoms with van der Waals surface area (Å²) in [7, 11) is 2.93. The average molecular weight is 698 g/mol. The van der Waals surface area contributed by atoms with E-state index in [2.05, 4.69) is 59.0 Å². The quantitative estimate of drug-likeness (QED) is 0.163. The highest BCUT2D eigenvalue weighted by molar-refractivity contribution is 9.10. The molecule has 0 bridgehead atoms. The molecule has 6 rings (SSSR count). The number of benzene rings is 4. The lowest BCUT2D eigenvalue weighted by Gasteiger charge is -2.24. The standard InChI is InChI=1S/C37H33BrN2O5S/c1-21(2)24-13-15-26(16-14-24)33-32(36(42)44-5)22(3)39-37-40(33)35(41)31(46-37)19-23-17-29(38)34(30(18-23)43-4)45-20-27-11-8-10-25-9-6-7-12-28(25)27/h6-19,21,33H,20H2,1-5H3/b31-19-. The molecule has 0 N–H and O–H groups in total. The minimum atomic E-state index is -0.668. The molecule has 2 heterocycles. The Morgan fingerprint density at radius 3 is 2.50 bits per heavy atom. The predicted molar refractivity (Wildman–Crippen MR) is 185 cm³/mol. The predicted octanol–water partition coefficient (Wildman–Crippen LogP) is 7.03. The van der Waals surface area contributed by atoms with Crippen molar-refractivity contribution in [3.8, 4) is 11.5 Å². The fourth-order valence-electron chi connectivity index (χ4n) is 5.75. The van der Waals surface area contributed by atoms with Crippen LogP contribution in [-0.2, 0) is 16.1 Å². The summed E-state index contributed by atoms with van der Waals surface area (Å²) >= 11 is 4.94. The van der Waals surface area contributed by atoms with Crippen molar-refractivity contribution in [3.63, 3.8) is 0 Å². The van der Waals surface area contributed by atoms with E-state index in [4.69, 9.17) is 14.2 Å². The molecule has 0 saturated carbocycles. The van der Waals surface area contributed by atoms with Crippen LogP contribution in [0, 0.1) is 0 Å². The molecule has 0 spiro atoms. The number of halogens is 1. The first-order chi connectivity index (χ1) is 22.2. The lowest BCUT2D eigenvalue weighted by atomic mass is 9.93. The number of carbonyl (C=O) groups excluding carboxylic acids is 1. The van der Waals surface area contributed by atoms with Crippen molar-refractivity contribution in [2.75, 3.05) is 14.2 Å². The van der Waals surface area contributed by atoms with Crippen LogP contribution >= 0.6 is 27.3 Å². The Bertz CT molecular complexity index is 2180. The summed E-state index contributed by atoms with van der Waals surface area (Å²) in [6.45, 7) is 6.38. The van der Waals surface area contributed by atoms with Gasteiger partial charge in [-0.25, -0.2) is 9.79 Å². The summed E-state index contributed by atoms with van der Waals surface area (Å²) < 4.78 is 19.9. The number of rotatable bonds is 8. The lowest BCUT2D eigenvalue weighted by Crippen LogP contribution is -2.39. The third-order valence-corrected chi connectivity index (χ3v) is 9.72. The van der Waals surface area contributed by atoms with Gasteiger partial charge in [-0.3, -0.25) is 9.36 Å². The number of hydrogen-bond acceptors (Lipinski definition) is 7. The SMILES string of the molecule is COC(=O)C1=C(C)N=c2s/c(=C\c3cc(Br)c(OCc4cccc5ccccc45)c(OC)c3)c(=O)n2C1c1ccc(C(C)C)cc1. The number of ether oxygens (including phenoxy) is 3. The van der Waals surface area contributed by atoms with Crippen LogP contribution in [0.25, 0.3) is 16.8 Å². The second-order valence-corrected chi connectivity index (χ2v) is 13.2. The van der Waals surface area contributed by atoms with Crippen LogP contribution in [-0.4, -0.2) is 24.8 Å². The van der Waals surface area contributed by atoms with E-state index in [1.165, 1.54) is 24.0 Å². The van der Waals surface area contributed by atoms with Gasteiger partial charge < -0.3 is 14.2 Å². The first-order valence-corrected chi connectivity index (χ1v) is 16.5. The van der Waals surface area contributed by atoms with Gasteiger partial charge in [0.1, 0.15) is 6.61 Å². The Morgan fingerprint density at radius 2 is 1.78 bits per heavy atom. The van der Waals surface area contributed by atoms with Gasteiger partial charge >= 0.3 is 5.97 Å². The normalized spacial score (nSPS) is 14.8. The third kappa shape index (κ3) is 5.92. The van der Waals surface area contributed by atoms with Gasteiger partial charge in [0.05, 0.1) is 40.5 Å². The second-order valence-electron chi connectivity index (χ2n) is 11.4. The van der Waals surface area contributed by atoms with Gasteiger partial charge in [-0.2, -0.15) is 0 Å². The average Bonchev–Trinajstić information content (AvgIpc) is 3.36. The van der Waals surface area contributed by atoms with Gasteiger partial charge in [0, 0.05) is 0 Å². The molecule has 7 nitrogen and oxygen atoms in total. The molecule has 9 heteroatoms. The van der Waals surface area contributed by atoms with Crippen molar-refractivity contribution in [1.29, 1.82) is 0 Å². The molecule has 5 aromatic rings. The first-order valence-electron chi connectivity index (χ1n) is 14.9. The highest BCUT2D eigenvalue weighted by Crippen LogP contribution is 2.38. The molecular weight excluding hydrogens is 664 g/mol. The van der Waals surface area contributed by atoms with Crippen LogP contribution in [0.5, 0.6) is 11.5 Å². The number of hydrogen-bond donors (Lipinski definition) is 0. The van der Waals surface area contributed by atoms with Crippen LogP contribution in [0.3, 0.4) is 0 Å². The molecule has 1 aliphatic heterocycles. The second kappa shape index (κ2) is 13.1. The van der Waals surface area contributed by atoms with Gasteiger partial charge in [-0.15, -0.1) is 0 Å². The minimum Gasteiger partial charge on any atom is -0.493 e. The zero-order valence-corrected chi connectivity index (χ0v) is 28.6. The Morgan fingerprint density at radius 1 is 1.04 bits per heavy atom. The molecule has 0 radical (unpaired) electrons. The van der Waals surface area contributed by atoms with Gasteiger partial charge in [-0.05, 0) is 80.0 Å². The topological polar surface area (TPSA) is 79.1 Å². The summed E-state index contributed by atoms with van der Waals surface area (Å²) in [6, 6.07) is 25.4. The Kier molecular flexibility index (Phi) is 8.97. The zero-order valence-electron chi connectivity index (χ0n) is 26.2. The molecule has 0 fully saturated rings. The molecule has 1 unspecified atom stereocenters. The maximum atomic E-state index is 14.1. The molecule has 234 valence electrons. The van der Waals surface area contributed by atoms with E-state index in [9.17, 15) is 9.59 Å². The molecule has 0 saturated heterocycles. The number of methoxy groups -OCH3 is 2. The van der Waals surface area contributed by atoms with E-state index in [0.29, 0.717) is 49.1 Å². The van der Waals surface area contributed by atoms with E-state index < -0.39 is 12.0 Å². The number of thiazole rings is 1. The van der Waals surface area contributed by atoms with Crippen molar-refractivity contribution in [2.45, 2.75) is 39.3 Å². The van der Waals surface area contributed by atoms with E-state index in [1.54, 1.807) is 18.6 Å². The first kappa shape index (κ1) is 31.5. The smallest absolute Gasteiger partial charge is 0.338 e. The maximum Gasteiger partial charge on any atom is 0.338 e. The van der Waals surface area contributed by atoms with Crippen LogP contribution in [0.4, 0.5) is 0 Å². The van der Waals surface area contributed by atoms with Crippen molar-refractivity contribution >= 4 is 50.1 Å². The third-order valence-electron chi connectivity index (χ3n) is 8.15. The molecule has 46 heavy (non-hydrogen) atoms. The summed E-state index contributed by atoms with van der Waals surface area (Å²) in [6.07, 6.45) is 1.81. The highest BCUT2D eigenvalue weighted by atomic mass is 79.9. The summed E-state index contributed by atoms with van der Waals surface area (Å²) in [5.74, 6) is 0.929. The maximum absolute atomic E-state index is 14.1. The summed E-state index contributed by atoms with van der Waals surface area (Å²) in [5.41, 5.74) is 4.40. The zero-order chi connectivity index (χ0) is 32.5. The van der Waals surface area contributed by atoms with Gasteiger partial charge in [0.2, 0.25) is 0 Å². The molecule has 1 aromatic heterocycles. The van der Waals surface area contributed by atoms with Crippen molar-refractivity contribution in [1.82, 2.24) is 4.57 Å². The van der Waals surface area contributed by atoms with Crippen LogP contribution < -0.4 is 24.4 Å². The van der Waals surface area contributed by atoms with Crippen LogP contribution in [0.15, 0.2) is 104 Å². The number of nitrogens with zero attached hydrogens (tertiary/aromatic N) is 2. The van der Waals surface area contributed by atoms with Crippen molar-refractivity contribution in [3.05, 3.63) is 137 Å². The summed E-state index contributed by atoms with van der Waals surface area (Å²) in [4.78, 5) is 32.2. The van der Waals surface area contributed by atoms with E-state index in [-0.39, 0.29) is 5.56 Å². The van der Waals surface area contributed by atoms with Gasteiger partial charge in [0.25, 0.3) is 5.56 Å². The Balaban J connectivity index is 1.39. The summed E-state index contributed by atoms with van der Waals surface area (Å²) in [5, 5.41) is 2.28. The van der Waals surface area contributed by atoms with Crippen LogP contribution in [0.2, 0.25) is 0 Å². The van der Waals surface area contributed by atoms with E-state index >= 15 is 0 Å². The monoisotopic (exact) mass is 696 g/mol. The lowest BCUT2D eigenvalue weighted by molar-refractivity contribution is -0.136. The number of esters is 1. The van der Waals surface area contributed by atoms with Gasteiger partial charge in [-0.1, -0.05) is 91.9 Å². The molecule has 0 amide bonds. The number of allylic oxidation sites excluding steroid dienone is 1. The van der Waals surface area contributed by atoms with Crippen molar-refractivity contribution < 1.29 is 19.0 Å². The largest absolute Gasteiger partial charge is 0.493 e. The molecule has 4 aromatic carbocycles. The fourth-order valence-corrected chi connectivity index (χ4v) is 7.37. The highest BCUT2D eigenvalue weighted by Gasteiger charge is 2.33. The molecule has 0 aliphatic carbocycles. The number of carbonyl (C=O) groups is 1. The van der Waals surface area contributed by atoms with E-state index in [0.717, 1.165) is 27.5 Å². The number of fused-ring (bicyclic) bond motifs is 2.